The maximum Gasteiger partial charge on any atom is 0.364 e. The molecule has 0 fully saturated rings. The average molecular weight is 418 g/mol. The number of hydroxylamine groups is 2. The number of fused-ring (bicyclic) bond motifs is 1. The lowest BCUT2D eigenvalue weighted by Crippen LogP contribution is -2.33. The molecule has 0 aromatic heterocycles. The summed E-state index contributed by atoms with van der Waals surface area (Å²) in [6.45, 7) is 1.81. The summed E-state index contributed by atoms with van der Waals surface area (Å²) in [4.78, 5) is 42.1. The Balaban J connectivity index is 1.83. The second-order valence-corrected chi connectivity index (χ2v) is 7.96. The second kappa shape index (κ2) is 8.11. The number of benzene rings is 2. The topological polar surface area (TPSA) is 119 Å². The van der Waals surface area contributed by atoms with E-state index in [4.69, 9.17) is 9.57 Å². The summed E-state index contributed by atoms with van der Waals surface area (Å²) in [6, 6.07) is 9.98. The molecule has 1 heterocycles. The molecule has 0 spiro atoms. The number of rotatable bonds is 7. The van der Waals surface area contributed by atoms with Gasteiger partial charge >= 0.3 is 5.97 Å². The largest absolute Gasteiger partial charge is 0.383 e. The highest BCUT2D eigenvalue weighted by Crippen LogP contribution is 2.24. The molecule has 0 radical (unpaired) electrons. The Morgan fingerprint density at radius 3 is 2.28 bits per heavy atom. The van der Waals surface area contributed by atoms with Crippen molar-refractivity contribution >= 4 is 27.8 Å². The monoisotopic (exact) mass is 418 g/mol. The van der Waals surface area contributed by atoms with Gasteiger partial charge in [-0.05, 0) is 36.8 Å². The SMILES string of the molecule is COCCNS(=O)(=O)c1ccc(C)c(C(=O)ON2C(=O)c3ccccc3C2=O)c1. The predicted octanol–water partition coefficient (Wildman–Crippen LogP) is 1.29. The molecule has 10 heteroatoms. The van der Waals surface area contributed by atoms with Crippen molar-refractivity contribution in [1.82, 2.24) is 9.79 Å². The van der Waals surface area contributed by atoms with Gasteiger partial charge in [-0.2, -0.15) is 0 Å². The van der Waals surface area contributed by atoms with Crippen molar-refractivity contribution in [2.24, 2.45) is 0 Å². The van der Waals surface area contributed by atoms with Gasteiger partial charge in [-0.15, -0.1) is 0 Å². The first-order valence-electron chi connectivity index (χ1n) is 8.55. The minimum Gasteiger partial charge on any atom is -0.383 e. The van der Waals surface area contributed by atoms with Crippen LogP contribution in [0, 0.1) is 6.92 Å². The molecule has 9 nitrogen and oxygen atoms in total. The fraction of sp³-hybridized carbons (Fsp3) is 0.211. The van der Waals surface area contributed by atoms with Crippen molar-refractivity contribution in [3.63, 3.8) is 0 Å². The summed E-state index contributed by atoms with van der Waals surface area (Å²) in [7, 11) is -2.45. The first kappa shape index (κ1) is 20.6. The lowest BCUT2D eigenvalue weighted by Gasteiger charge is -2.14. The molecule has 0 bridgehead atoms. The fourth-order valence-corrected chi connectivity index (χ4v) is 3.77. The first-order chi connectivity index (χ1) is 13.8. The number of carbonyl (C=O) groups is 3. The van der Waals surface area contributed by atoms with Gasteiger partial charge in [-0.25, -0.2) is 17.9 Å². The lowest BCUT2D eigenvalue weighted by molar-refractivity contribution is -0.0585. The molecule has 2 aromatic rings. The quantitative estimate of drug-likeness (QED) is 0.531. The van der Waals surface area contributed by atoms with Crippen molar-refractivity contribution < 1.29 is 32.4 Å². The molecule has 2 amide bonds. The summed E-state index contributed by atoms with van der Waals surface area (Å²) in [5.74, 6) is -2.55. The Hall–Kier alpha value is -3.08. The summed E-state index contributed by atoms with van der Waals surface area (Å²) in [5, 5.41) is 0.379. The number of hydrogen-bond donors (Lipinski definition) is 1. The van der Waals surface area contributed by atoms with E-state index >= 15 is 0 Å². The molecule has 1 aliphatic rings. The van der Waals surface area contributed by atoms with Crippen molar-refractivity contribution in [2.45, 2.75) is 11.8 Å². The molecular weight excluding hydrogens is 400 g/mol. The number of amides is 2. The molecule has 0 saturated carbocycles. The minimum atomic E-state index is -3.88. The van der Waals surface area contributed by atoms with Crippen LogP contribution in [0.4, 0.5) is 0 Å². The van der Waals surface area contributed by atoms with Gasteiger partial charge in [-0.3, -0.25) is 9.59 Å². The molecule has 1 N–H and O–H groups in total. The van der Waals surface area contributed by atoms with Gasteiger partial charge in [0.05, 0.1) is 28.2 Å². The van der Waals surface area contributed by atoms with E-state index in [9.17, 15) is 22.8 Å². The molecule has 29 heavy (non-hydrogen) atoms. The van der Waals surface area contributed by atoms with Gasteiger partial charge < -0.3 is 9.57 Å². The van der Waals surface area contributed by atoms with Crippen LogP contribution in [0.25, 0.3) is 0 Å². The Kier molecular flexibility index (Phi) is 5.78. The summed E-state index contributed by atoms with van der Waals surface area (Å²) in [5.41, 5.74) is 0.583. The first-order valence-corrected chi connectivity index (χ1v) is 10.0. The van der Waals surface area contributed by atoms with Gasteiger partial charge in [0.2, 0.25) is 10.0 Å². The molecule has 3 rings (SSSR count). The molecule has 0 saturated heterocycles. The maximum atomic E-state index is 12.6. The number of imide groups is 1. The van der Waals surface area contributed by atoms with Crippen molar-refractivity contribution in [2.75, 3.05) is 20.3 Å². The van der Waals surface area contributed by atoms with Crippen molar-refractivity contribution in [1.29, 1.82) is 0 Å². The number of methoxy groups -OCH3 is 1. The van der Waals surface area contributed by atoms with E-state index in [1.807, 2.05) is 0 Å². The molecule has 0 unspecified atom stereocenters. The number of nitrogens with zero attached hydrogens (tertiary/aromatic N) is 1. The normalized spacial score (nSPS) is 13.5. The smallest absolute Gasteiger partial charge is 0.364 e. The third kappa shape index (κ3) is 4.04. The Morgan fingerprint density at radius 2 is 1.69 bits per heavy atom. The third-order valence-corrected chi connectivity index (χ3v) is 5.73. The number of nitrogens with one attached hydrogen (secondary N) is 1. The van der Waals surface area contributed by atoms with Gasteiger partial charge in [0.15, 0.2) is 0 Å². The maximum absolute atomic E-state index is 12.6. The van der Waals surface area contributed by atoms with Gasteiger partial charge in [-0.1, -0.05) is 23.3 Å². The zero-order valence-corrected chi connectivity index (χ0v) is 16.5. The predicted molar refractivity (Wildman–Crippen MR) is 101 cm³/mol. The number of sulfonamides is 1. The summed E-state index contributed by atoms with van der Waals surface area (Å²) < 4.78 is 31.8. The number of aryl methyl sites for hydroxylation is 1. The molecular formula is C19H18N2O7S. The highest BCUT2D eigenvalue weighted by molar-refractivity contribution is 7.89. The molecule has 2 aromatic carbocycles. The fourth-order valence-electron chi connectivity index (χ4n) is 2.73. The second-order valence-electron chi connectivity index (χ2n) is 6.20. The standard InChI is InChI=1S/C19H18N2O7S/c1-12-7-8-13(29(25,26)20-9-10-27-2)11-16(12)19(24)28-21-17(22)14-5-3-4-6-15(14)18(21)23/h3-8,11,20H,9-10H2,1-2H3. The highest BCUT2D eigenvalue weighted by Gasteiger charge is 2.39. The number of carbonyl (C=O) groups excluding carboxylic acids is 3. The molecule has 0 aliphatic carbocycles. The summed E-state index contributed by atoms with van der Waals surface area (Å²) in [6.07, 6.45) is 0. The lowest BCUT2D eigenvalue weighted by atomic mass is 10.1. The Labute approximate surface area is 167 Å². The van der Waals surface area contributed by atoms with Crippen LogP contribution in [0.3, 0.4) is 0 Å². The van der Waals surface area contributed by atoms with Gasteiger partial charge in [0.25, 0.3) is 11.8 Å². The highest BCUT2D eigenvalue weighted by atomic mass is 32.2. The van der Waals surface area contributed by atoms with E-state index in [2.05, 4.69) is 4.72 Å². The summed E-state index contributed by atoms with van der Waals surface area (Å²) >= 11 is 0. The van der Waals surface area contributed by atoms with E-state index in [0.29, 0.717) is 10.6 Å². The van der Waals surface area contributed by atoms with E-state index in [1.165, 1.54) is 31.4 Å². The Morgan fingerprint density at radius 1 is 1.07 bits per heavy atom. The van der Waals surface area contributed by atoms with Crippen LogP contribution in [-0.2, 0) is 19.6 Å². The van der Waals surface area contributed by atoms with Crippen LogP contribution >= 0.6 is 0 Å². The van der Waals surface area contributed by atoms with Crippen LogP contribution in [0.2, 0.25) is 0 Å². The van der Waals surface area contributed by atoms with Crippen LogP contribution in [0.5, 0.6) is 0 Å². The van der Waals surface area contributed by atoms with Crippen molar-refractivity contribution in [3.05, 3.63) is 64.7 Å². The third-order valence-electron chi connectivity index (χ3n) is 4.27. The van der Waals surface area contributed by atoms with E-state index in [0.717, 1.165) is 6.07 Å². The van der Waals surface area contributed by atoms with Crippen LogP contribution in [-0.4, -0.2) is 51.5 Å². The zero-order chi connectivity index (χ0) is 21.2. The Bertz CT molecular complexity index is 1060. The number of hydrogen-bond acceptors (Lipinski definition) is 7. The zero-order valence-electron chi connectivity index (χ0n) is 15.7. The minimum absolute atomic E-state index is 0.0571. The van der Waals surface area contributed by atoms with E-state index < -0.39 is 27.8 Å². The molecule has 0 atom stereocenters. The van der Waals surface area contributed by atoms with Crippen LogP contribution in [0.1, 0.15) is 36.6 Å². The average Bonchev–Trinajstić information content (AvgIpc) is 2.93. The van der Waals surface area contributed by atoms with Gasteiger partial charge in [0, 0.05) is 13.7 Å². The number of ether oxygens (including phenoxy) is 1. The van der Waals surface area contributed by atoms with E-state index in [1.54, 1.807) is 19.1 Å². The van der Waals surface area contributed by atoms with Crippen LogP contribution < -0.4 is 4.72 Å². The van der Waals surface area contributed by atoms with E-state index in [-0.39, 0.29) is 34.7 Å². The van der Waals surface area contributed by atoms with Gasteiger partial charge in [0.1, 0.15) is 0 Å². The molecule has 1 aliphatic heterocycles. The van der Waals surface area contributed by atoms with Crippen LogP contribution in [0.15, 0.2) is 47.4 Å². The molecule has 152 valence electrons. The van der Waals surface area contributed by atoms with Crippen molar-refractivity contribution in [3.8, 4) is 0 Å².